The molecule has 1 atom stereocenters. The Morgan fingerprint density at radius 3 is 2.78 bits per heavy atom. The van der Waals surface area contributed by atoms with Crippen molar-refractivity contribution in [1.29, 1.82) is 0 Å². The number of carbonyl (C=O) groups excluding carboxylic acids is 2. The van der Waals surface area contributed by atoms with Crippen molar-refractivity contribution in [3.05, 3.63) is 46.0 Å². The molecule has 1 aliphatic rings. The summed E-state index contributed by atoms with van der Waals surface area (Å²) >= 11 is 11.9. The average molecular weight is 356 g/mol. The number of hydrogen-bond donors (Lipinski definition) is 1. The van der Waals surface area contributed by atoms with Crippen LogP contribution in [-0.4, -0.2) is 25.0 Å². The van der Waals surface area contributed by atoms with Crippen LogP contribution in [0.5, 0.6) is 0 Å². The van der Waals surface area contributed by atoms with E-state index in [1.807, 2.05) is 12.1 Å². The number of esters is 1. The van der Waals surface area contributed by atoms with Gasteiger partial charge in [0.05, 0.1) is 5.92 Å². The van der Waals surface area contributed by atoms with Gasteiger partial charge < -0.3 is 10.1 Å². The van der Waals surface area contributed by atoms with Crippen molar-refractivity contribution in [3.8, 4) is 0 Å². The number of rotatable bonds is 6. The minimum absolute atomic E-state index is 0.124. The third kappa shape index (κ3) is 5.88. The normalized spacial score (nSPS) is 16.9. The topological polar surface area (TPSA) is 55.4 Å². The van der Waals surface area contributed by atoms with Crippen molar-refractivity contribution >= 4 is 35.1 Å². The molecule has 0 radical (unpaired) electrons. The van der Waals surface area contributed by atoms with Crippen LogP contribution in [0.4, 0.5) is 0 Å². The highest BCUT2D eigenvalue weighted by atomic mass is 35.5. The fraction of sp³-hybridized carbons (Fsp3) is 0.412. The van der Waals surface area contributed by atoms with Crippen LogP contribution >= 0.6 is 23.2 Å². The third-order valence-electron chi connectivity index (χ3n) is 3.68. The van der Waals surface area contributed by atoms with Gasteiger partial charge in [0.2, 0.25) is 0 Å². The number of carbonyl (C=O) groups is 2. The number of hydrogen-bond acceptors (Lipinski definition) is 3. The number of amides is 1. The van der Waals surface area contributed by atoms with Crippen LogP contribution < -0.4 is 5.32 Å². The second-order valence-corrected chi connectivity index (χ2v) is 6.27. The van der Waals surface area contributed by atoms with Crippen LogP contribution in [0.3, 0.4) is 0 Å². The molecule has 0 heterocycles. The lowest BCUT2D eigenvalue weighted by Gasteiger charge is -2.16. The molecule has 0 aromatic heterocycles. The smallest absolute Gasteiger partial charge is 0.309 e. The molecule has 23 heavy (non-hydrogen) atoms. The zero-order chi connectivity index (χ0) is 16.7. The molecular formula is C17H19Cl2NO3. The summed E-state index contributed by atoms with van der Waals surface area (Å²) in [5.74, 6) is -0.735. The van der Waals surface area contributed by atoms with Gasteiger partial charge in [0, 0.05) is 16.6 Å². The molecule has 2 rings (SSSR count). The van der Waals surface area contributed by atoms with Gasteiger partial charge in [-0.15, -0.1) is 0 Å². The summed E-state index contributed by atoms with van der Waals surface area (Å²) in [7, 11) is 0. The Balaban J connectivity index is 1.67. The number of benzene rings is 1. The fourth-order valence-electron chi connectivity index (χ4n) is 2.37. The third-order valence-corrected chi connectivity index (χ3v) is 4.27. The average Bonchev–Trinajstić information content (AvgIpc) is 2.55. The van der Waals surface area contributed by atoms with E-state index in [2.05, 4.69) is 11.4 Å². The Morgan fingerprint density at radius 1 is 1.26 bits per heavy atom. The van der Waals surface area contributed by atoms with E-state index in [0.29, 0.717) is 29.4 Å². The van der Waals surface area contributed by atoms with E-state index in [0.717, 1.165) is 18.4 Å². The van der Waals surface area contributed by atoms with Gasteiger partial charge >= 0.3 is 5.97 Å². The zero-order valence-corrected chi connectivity index (χ0v) is 14.2. The van der Waals surface area contributed by atoms with E-state index in [-0.39, 0.29) is 24.4 Å². The molecule has 0 bridgehead atoms. The Morgan fingerprint density at radius 2 is 2.09 bits per heavy atom. The van der Waals surface area contributed by atoms with Crippen molar-refractivity contribution in [1.82, 2.24) is 5.32 Å². The molecule has 1 amide bonds. The Hall–Kier alpha value is -1.52. The minimum atomic E-state index is -0.310. The molecule has 1 aromatic rings. The first kappa shape index (κ1) is 17.8. The van der Waals surface area contributed by atoms with Crippen LogP contribution in [0.1, 0.15) is 24.8 Å². The molecule has 0 saturated carbocycles. The van der Waals surface area contributed by atoms with Gasteiger partial charge in [-0.1, -0.05) is 41.4 Å². The predicted octanol–water partition coefficient (Wildman–Crippen LogP) is 3.55. The van der Waals surface area contributed by atoms with Gasteiger partial charge in [0.25, 0.3) is 5.91 Å². The molecule has 0 saturated heterocycles. The second-order valence-electron chi connectivity index (χ2n) is 5.42. The molecule has 1 aliphatic carbocycles. The van der Waals surface area contributed by atoms with Crippen LogP contribution in [0, 0.1) is 5.92 Å². The van der Waals surface area contributed by atoms with Crippen molar-refractivity contribution in [2.45, 2.75) is 25.7 Å². The summed E-state index contributed by atoms with van der Waals surface area (Å²) in [5.41, 5.74) is 0.905. The SMILES string of the molecule is O=C(COC(=O)[C@H]1CC=CCC1)NCCc1ccc(Cl)cc1Cl. The van der Waals surface area contributed by atoms with Crippen molar-refractivity contribution in [2.75, 3.05) is 13.2 Å². The lowest BCUT2D eigenvalue weighted by molar-refractivity contribution is -0.152. The molecule has 0 spiro atoms. The van der Waals surface area contributed by atoms with E-state index in [1.54, 1.807) is 12.1 Å². The minimum Gasteiger partial charge on any atom is -0.455 e. The van der Waals surface area contributed by atoms with Crippen molar-refractivity contribution < 1.29 is 14.3 Å². The summed E-state index contributed by atoms with van der Waals surface area (Å²) in [6, 6.07) is 5.25. The highest BCUT2D eigenvalue weighted by molar-refractivity contribution is 6.35. The largest absolute Gasteiger partial charge is 0.455 e. The van der Waals surface area contributed by atoms with Crippen molar-refractivity contribution in [2.24, 2.45) is 5.92 Å². The molecule has 1 N–H and O–H groups in total. The van der Waals surface area contributed by atoms with Gasteiger partial charge in [0.1, 0.15) is 0 Å². The molecule has 0 aliphatic heterocycles. The summed E-state index contributed by atoms with van der Waals surface area (Å²) < 4.78 is 5.06. The van der Waals surface area contributed by atoms with Gasteiger partial charge in [-0.2, -0.15) is 0 Å². The highest BCUT2D eigenvalue weighted by Crippen LogP contribution is 2.21. The summed E-state index contributed by atoms with van der Waals surface area (Å²) in [6.45, 7) is 0.178. The zero-order valence-electron chi connectivity index (χ0n) is 12.7. The van der Waals surface area contributed by atoms with Gasteiger partial charge in [-0.25, -0.2) is 0 Å². The maximum absolute atomic E-state index is 11.8. The molecule has 1 aromatic carbocycles. The number of allylic oxidation sites excluding steroid dienone is 2. The first-order chi connectivity index (χ1) is 11.1. The maximum Gasteiger partial charge on any atom is 0.309 e. The van der Waals surface area contributed by atoms with E-state index in [9.17, 15) is 9.59 Å². The number of halogens is 2. The molecule has 6 heteroatoms. The van der Waals surface area contributed by atoms with Crippen LogP contribution in [0.25, 0.3) is 0 Å². The van der Waals surface area contributed by atoms with E-state index < -0.39 is 0 Å². The first-order valence-electron chi connectivity index (χ1n) is 7.58. The highest BCUT2D eigenvalue weighted by Gasteiger charge is 2.20. The Labute approximate surface area is 145 Å². The molecule has 124 valence electrons. The number of nitrogens with one attached hydrogen (secondary N) is 1. The first-order valence-corrected chi connectivity index (χ1v) is 8.34. The number of ether oxygens (including phenoxy) is 1. The van der Waals surface area contributed by atoms with E-state index in [1.165, 1.54) is 0 Å². The van der Waals surface area contributed by atoms with Gasteiger partial charge in [0.15, 0.2) is 6.61 Å². The van der Waals surface area contributed by atoms with Crippen LogP contribution in [0.2, 0.25) is 10.0 Å². The molecular weight excluding hydrogens is 337 g/mol. The van der Waals surface area contributed by atoms with Crippen molar-refractivity contribution in [3.63, 3.8) is 0 Å². The van der Waals surface area contributed by atoms with E-state index >= 15 is 0 Å². The predicted molar refractivity (Wildman–Crippen MR) is 90.6 cm³/mol. The van der Waals surface area contributed by atoms with E-state index in [4.69, 9.17) is 27.9 Å². The standard InChI is InChI=1S/C17H19Cl2NO3/c18-14-7-6-12(15(19)10-14)8-9-20-16(21)11-23-17(22)13-4-2-1-3-5-13/h1-2,6-7,10,13H,3-5,8-9,11H2,(H,20,21)/t13-/m0/s1. The van der Waals surface area contributed by atoms with Crippen LogP contribution in [-0.2, 0) is 20.7 Å². The van der Waals surface area contributed by atoms with Gasteiger partial charge in [-0.3, -0.25) is 9.59 Å². The summed E-state index contributed by atoms with van der Waals surface area (Å²) in [5, 5.41) is 3.86. The Bertz CT molecular complexity index is 602. The summed E-state index contributed by atoms with van der Waals surface area (Å²) in [6.07, 6.45) is 6.97. The molecule has 4 nitrogen and oxygen atoms in total. The molecule has 0 unspecified atom stereocenters. The van der Waals surface area contributed by atoms with Crippen LogP contribution in [0.15, 0.2) is 30.4 Å². The van der Waals surface area contributed by atoms with Gasteiger partial charge in [-0.05, 0) is 43.4 Å². The lowest BCUT2D eigenvalue weighted by atomic mass is 9.95. The maximum atomic E-state index is 11.8. The molecule has 0 fully saturated rings. The quantitative estimate of drug-likeness (QED) is 0.627. The monoisotopic (exact) mass is 355 g/mol. The lowest BCUT2D eigenvalue weighted by Crippen LogP contribution is -2.31. The Kier molecular flexibility index (Phi) is 6.93. The fourth-order valence-corrected chi connectivity index (χ4v) is 2.88. The second kappa shape index (κ2) is 8.94. The summed E-state index contributed by atoms with van der Waals surface area (Å²) in [4.78, 5) is 23.5.